The third-order valence-corrected chi connectivity index (χ3v) is 7.21. The number of hydrogen-bond donors (Lipinski definition) is 0. The summed E-state index contributed by atoms with van der Waals surface area (Å²) < 4.78 is 41.1. The maximum Gasteiger partial charge on any atom is 0.416 e. The Hall–Kier alpha value is -3.14. The minimum Gasteiger partial charge on any atom is -0.335 e. The summed E-state index contributed by atoms with van der Waals surface area (Å²) >= 11 is 1.46. The van der Waals surface area contributed by atoms with E-state index in [4.69, 9.17) is 0 Å². The van der Waals surface area contributed by atoms with Crippen LogP contribution in [-0.2, 0) is 6.18 Å². The lowest BCUT2D eigenvalue weighted by molar-refractivity contribution is -0.137. The maximum atomic E-state index is 13.4. The molecule has 0 radical (unpaired) electrons. The second kappa shape index (κ2) is 8.57. The number of aromatic nitrogens is 2. The van der Waals surface area contributed by atoms with Crippen LogP contribution in [0.15, 0.2) is 42.6 Å². The van der Waals surface area contributed by atoms with E-state index < -0.39 is 11.7 Å². The van der Waals surface area contributed by atoms with Gasteiger partial charge in [-0.25, -0.2) is 4.68 Å². The normalized spacial score (nSPS) is 16.7. The Morgan fingerprint density at radius 1 is 1.00 bits per heavy atom. The fourth-order valence-electron chi connectivity index (χ4n) is 4.28. The first-order valence-corrected chi connectivity index (χ1v) is 11.9. The Morgan fingerprint density at radius 2 is 1.68 bits per heavy atom. The van der Waals surface area contributed by atoms with Gasteiger partial charge in [-0.05, 0) is 50.1 Å². The summed E-state index contributed by atoms with van der Waals surface area (Å²) in [5.41, 5.74) is 0.625. The highest BCUT2D eigenvalue weighted by atomic mass is 32.1. The van der Waals surface area contributed by atoms with Gasteiger partial charge < -0.3 is 9.80 Å². The Balaban J connectivity index is 1.35. The highest BCUT2D eigenvalue weighted by molar-refractivity contribution is 7.13. The minimum atomic E-state index is -4.46. The van der Waals surface area contributed by atoms with Crippen LogP contribution in [-0.4, -0.2) is 57.6 Å². The van der Waals surface area contributed by atoms with Crippen LogP contribution < -0.4 is 0 Å². The molecule has 0 spiro atoms. The summed E-state index contributed by atoms with van der Waals surface area (Å²) in [6.07, 6.45) is -1.26. The number of piperazine rings is 1. The number of halogens is 3. The fourth-order valence-corrected chi connectivity index (χ4v) is 5.12. The second-order valence-corrected chi connectivity index (χ2v) is 9.96. The van der Waals surface area contributed by atoms with E-state index in [0.717, 1.165) is 29.9 Å². The molecule has 178 valence electrons. The summed E-state index contributed by atoms with van der Waals surface area (Å²) in [5, 5.41) is 4.31. The Bertz CT molecular complexity index is 1240. The number of amides is 2. The van der Waals surface area contributed by atoms with E-state index in [1.807, 2.05) is 19.1 Å². The first-order valence-electron chi connectivity index (χ1n) is 11.1. The van der Waals surface area contributed by atoms with E-state index >= 15 is 0 Å². The van der Waals surface area contributed by atoms with Crippen molar-refractivity contribution in [3.05, 3.63) is 69.2 Å². The van der Waals surface area contributed by atoms with Gasteiger partial charge in [0.2, 0.25) is 0 Å². The zero-order valence-corrected chi connectivity index (χ0v) is 19.3. The Morgan fingerprint density at radius 3 is 2.26 bits per heavy atom. The minimum absolute atomic E-state index is 0.0266. The molecule has 10 heteroatoms. The van der Waals surface area contributed by atoms with E-state index in [-0.39, 0.29) is 23.4 Å². The summed E-state index contributed by atoms with van der Waals surface area (Å²) in [4.78, 5) is 31.3. The molecule has 6 nitrogen and oxygen atoms in total. The summed E-state index contributed by atoms with van der Waals surface area (Å²) in [6.45, 7) is 3.61. The van der Waals surface area contributed by atoms with E-state index in [1.54, 1.807) is 15.9 Å². The molecule has 0 atom stereocenters. The van der Waals surface area contributed by atoms with Gasteiger partial charge in [0, 0.05) is 37.0 Å². The number of aryl methyl sites for hydroxylation is 1. The van der Waals surface area contributed by atoms with Crippen LogP contribution in [0.2, 0.25) is 0 Å². The van der Waals surface area contributed by atoms with Gasteiger partial charge >= 0.3 is 6.18 Å². The lowest BCUT2D eigenvalue weighted by Gasteiger charge is -2.34. The highest BCUT2D eigenvalue weighted by Crippen LogP contribution is 2.43. The molecule has 1 aromatic carbocycles. The zero-order chi connectivity index (χ0) is 24.0. The van der Waals surface area contributed by atoms with Crippen molar-refractivity contribution in [2.75, 3.05) is 26.2 Å². The van der Waals surface area contributed by atoms with Crippen molar-refractivity contribution in [2.24, 2.45) is 0 Å². The van der Waals surface area contributed by atoms with Gasteiger partial charge in [0.05, 0.1) is 33.6 Å². The molecule has 3 heterocycles. The Labute approximate surface area is 198 Å². The number of thiophene rings is 1. The van der Waals surface area contributed by atoms with Gasteiger partial charge in [0.25, 0.3) is 11.8 Å². The van der Waals surface area contributed by atoms with Crippen LogP contribution in [0.5, 0.6) is 0 Å². The number of hydrogen-bond acceptors (Lipinski definition) is 4. The molecule has 1 saturated heterocycles. The first kappa shape index (κ1) is 22.6. The largest absolute Gasteiger partial charge is 0.416 e. The lowest BCUT2D eigenvalue weighted by atomic mass is 10.1. The molecule has 2 aromatic heterocycles. The molecule has 1 saturated carbocycles. The topological polar surface area (TPSA) is 58.4 Å². The smallest absolute Gasteiger partial charge is 0.335 e. The van der Waals surface area contributed by atoms with Crippen molar-refractivity contribution in [3.63, 3.8) is 0 Å². The van der Waals surface area contributed by atoms with Crippen molar-refractivity contribution in [1.29, 1.82) is 0 Å². The third-order valence-electron chi connectivity index (χ3n) is 6.22. The van der Waals surface area contributed by atoms with E-state index in [1.165, 1.54) is 28.3 Å². The third kappa shape index (κ3) is 4.34. The van der Waals surface area contributed by atoms with Crippen LogP contribution in [0.3, 0.4) is 0 Å². The zero-order valence-electron chi connectivity index (χ0n) is 18.5. The number of alkyl halides is 3. The molecule has 0 bridgehead atoms. The number of carbonyl (C=O) groups is 2. The molecular formula is C24H23F3N4O2S. The average molecular weight is 489 g/mol. The van der Waals surface area contributed by atoms with Crippen LogP contribution in [0, 0.1) is 6.92 Å². The number of nitrogens with zero attached hydrogens (tertiary/aromatic N) is 4. The maximum absolute atomic E-state index is 13.4. The molecular weight excluding hydrogens is 465 g/mol. The predicted octanol–water partition coefficient (Wildman–Crippen LogP) is 4.74. The molecule has 1 aliphatic heterocycles. The van der Waals surface area contributed by atoms with Crippen molar-refractivity contribution < 1.29 is 22.8 Å². The molecule has 2 aliphatic rings. The van der Waals surface area contributed by atoms with Gasteiger partial charge in [-0.2, -0.15) is 18.3 Å². The van der Waals surface area contributed by atoms with Crippen molar-refractivity contribution in [1.82, 2.24) is 19.6 Å². The van der Waals surface area contributed by atoms with Crippen molar-refractivity contribution in [2.45, 2.75) is 31.9 Å². The van der Waals surface area contributed by atoms with Gasteiger partial charge in [0.1, 0.15) is 0 Å². The molecule has 5 rings (SSSR count). The number of rotatable bonds is 4. The van der Waals surface area contributed by atoms with Crippen molar-refractivity contribution >= 4 is 23.2 Å². The second-order valence-electron chi connectivity index (χ2n) is 8.67. The van der Waals surface area contributed by atoms with Crippen LogP contribution in [0.25, 0.3) is 5.69 Å². The van der Waals surface area contributed by atoms with Crippen molar-refractivity contribution in [3.8, 4) is 5.69 Å². The first-order chi connectivity index (χ1) is 16.2. The summed E-state index contributed by atoms with van der Waals surface area (Å²) in [5.74, 6) is -0.124. The predicted molar refractivity (Wildman–Crippen MR) is 121 cm³/mol. The van der Waals surface area contributed by atoms with Gasteiger partial charge in [-0.1, -0.05) is 6.07 Å². The number of benzene rings is 1. The molecule has 2 fully saturated rings. The molecule has 2 amide bonds. The molecule has 3 aromatic rings. The van der Waals surface area contributed by atoms with E-state index in [9.17, 15) is 22.8 Å². The monoisotopic (exact) mass is 488 g/mol. The quantitative estimate of drug-likeness (QED) is 0.533. The standard InChI is InChI=1S/C24H23F3N4O2S/c1-15-5-8-20(34-15)23(33)30-11-9-29(10-12-30)22(32)19-14-28-31(21(19)16-6-7-16)18-4-2-3-17(13-18)24(25,26)27/h2-5,8,13-14,16H,6-7,9-12H2,1H3. The van der Waals surface area contributed by atoms with E-state index in [0.29, 0.717) is 42.3 Å². The highest BCUT2D eigenvalue weighted by Gasteiger charge is 2.36. The molecule has 34 heavy (non-hydrogen) atoms. The molecule has 0 unspecified atom stereocenters. The Kier molecular flexibility index (Phi) is 5.71. The van der Waals surface area contributed by atoms with Gasteiger partial charge in [-0.3, -0.25) is 9.59 Å². The molecule has 0 N–H and O–H groups in total. The lowest BCUT2D eigenvalue weighted by Crippen LogP contribution is -2.50. The van der Waals surface area contributed by atoms with Gasteiger partial charge in [-0.15, -0.1) is 11.3 Å². The van der Waals surface area contributed by atoms with Crippen LogP contribution in [0.4, 0.5) is 13.2 Å². The molecule has 1 aliphatic carbocycles. The van der Waals surface area contributed by atoms with Crippen LogP contribution in [0.1, 0.15) is 54.9 Å². The SMILES string of the molecule is Cc1ccc(C(=O)N2CCN(C(=O)c3cnn(-c4cccc(C(F)(F)F)c4)c3C3CC3)CC2)s1. The number of carbonyl (C=O) groups excluding carboxylic acids is 2. The average Bonchev–Trinajstić information content (AvgIpc) is 3.42. The van der Waals surface area contributed by atoms with E-state index in [2.05, 4.69) is 5.10 Å². The van der Waals surface area contributed by atoms with Gasteiger partial charge in [0.15, 0.2) is 0 Å². The summed E-state index contributed by atoms with van der Waals surface area (Å²) in [6, 6.07) is 8.74. The summed E-state index contributed by atoms with van der Waals surface area (Å²) in [7, 11) is 0. The fraction of sp³-hybridized carbons (Fsp3) is 0.375. The van der Waals surface area contributed by atoms with Crippen LogP contribution >= 0.6 is 11.3 Å².